The van der Waals surface area contributed by atoms with Crippen LogP contribution in [-0.4, -0.2) is 47.9 Å². The van der Waals surface area contributed by atoms with E-state index < -0.39 is 58.1 Å². The molecule has 2 aromatic rings. The molecule has 2 rings (SSSR count). The SMILES string of the molecule is COc1ccc([N+](=O)[O-])cc1NC(=O)[C@H](C)OC(=O)c1cc(OC(C)=O)c(OC(C)=O)c(OC(C)=O)c1. The van der Waals surface area contributed by atoms with Gasteiger partial charge in [-0.2, -0.15) is 0 Å². The molecule has 0 radical (unpaired) electrons. The number of ether oxygens (including phenoxy) is 5. The molecule has 0 heterocycles. The van der Waals surface area contributed by atoms with E-state index in [0.29, 0.717) is 0 Å². The number of esters is 4. The second kappa shape index (κ2) is 12.1. The Balaban J connectivity index is 2.34. The van der Waals surface area contributed by atoms with Gasteiger partial charge in [0.2, 0.25) is 5.75 Å². The van der Waals surface area contributed by atoms with Gasteiger partial charge < -0.3 is 29.0 Å². The molecule has 0 saturated carbocycles. The van der Waals surface area contributed by atoms with Crippen molar-refractivity contribution in [1.29, 1.82) is 0 Å². The highest BCUT2D eigenvalue weighted by Gasteiger charge is 2.26. The fourth-order valence-corrected chi connectivity index (χ4v) is 2.82. The Labute approximate surface area is 209 Å². The third-order valence-corrected chi connectivity index (χ3v) is 4.31. The van der Waals surface area contributed by atoms with Gasteiger partial charge in [0.25, 0.3) is 11.6 Å². The van der Waals surface area contributed by atoms with E-state index >= 15 is 0 Å². The van der Waals surface area contributed by atoms with E-state index in [4.69, 9.17) is 23.7 Å². The molecule has 1 atom stereocenters. The van der Waals surface area contributed by atoms with Gasteiger partial charge in [-0.1, -0.05) is 0 Å². The Hall–Kier alpha value is -5.01. The van der Waals surface area contributed by atoms with Crippen molar-refractivity contribution in [1.82, 2.24) is 0 Å². The van der Waals surface area contributed by atoms with Gasteiger partial charge in [0, 0.05) is 32.9 Å². The van der Waals surface area contributed by atoms with Crippen molar-refractivity contribution in [3.63, 3.8) is 0 Å². The number of hydrogen-bond acceptors (Lipinski definition) is 12. The normalized spacial score (nSPS) is 10.9. The van der Waals surface area contributed by atoms with Gasteiger partial charge in [-0.25, -0.2) is 4.79 Å². The highest BCUT2D eigenvalue weighted by atomic mass is 16.6. The quantitative estimate of drug-likeness (QED) is 0.221. The number of hydrogen-bond donors (Lipinski definition) is 1. The molecule has 0 unspecified atom stereocenters. The topological polar surface area (TPSA) is 187 Å². The lowest BCUT2D eigenvalue weighted by molar-refractivity contribution is -0.384. The van der Waals surface area contributed by atoms with Gasteiger partial charge >= 0.3 is 23.9 Å². The molecule has 14 heteroatoms. The van der Waals surface area contributed by atoms with Gasteiger partial charge in [0.15, 0.2) is 17.6 Å². The summed E-state index contributed by atoms with van der Waals surface area (Å²) in [5.41, 5.74) is -0.676. The number of anilines is 1. The van der Waals surface area contributed by atoms with Gasteiger partial charge in [-0.05, 0) is 25.1 Å². The molecule has 0 aliphatic rings. The number of nitro benzene ring substituents is 1. The molecular weight excluding hydrogens is 496 g/mol. The van der Waals surface area contributed by atoms with Crippen molar-refractivity contribution >= 4 is 41.2 Å². The van der Waals surface area contributed by atoms with Crippen LogP contribution in [0.15, 0.2) is 30.3 Å². The minimum absolute atomic E-state index is 0.0374. The predicted molar refractivity (Wildman–Crippen MR) is 124 cm³/mol. The van der Waals surface area contributed by atoms with E-state index in [0.717, 1.165) is 39.0 Å². The zero-order valence-electron chi connectivity index (χ0n) is 20.3. The number of carbonyl (C=O) groups excluding carboxylic acids is 5. The molecule has 0 bridgehead atoms. The summed E-state index contributed by atoms with van der Waals surface area (Å²) < 4.78 is 25.2. The first-order valence-corrected chi connectivity index (χ1v) is 10.4. The highest BCUT2D eigenvalue weighted by molar-refractivity contribution is 5.99. The van der Waals surface area contributed by atoms with Gasteiger partial charge in [0.05, 0.1) is 23.3 Å². The molecule has 196 valence electrons. The highest BCUT2D eigenvalue weighted by Crippen LogP contribution is 2.40. The van der Waals surface area contributed by atoms with Crippen LogP contribution >= 0.6 is 0 Å². The Kier molecular flexibility index (Phi) is 9.23. The lowest BCUT2D eigenvalue weighted by Gasteiger charge is -2.17. The summed E-state index contributed by atoms with van der Waals surface area (Å²) in [5, 5.41) is 13.4. The second-order valence-corrected chi connectivity index (χ2v) is 7.26. The fourth-order valence-electron chi connectivity index (χ4n) is 2.82. The van der Waals surface area contributed by atoms with E-state index in [1.807, 2.05) is 0 Å². The first kappa shape index (κ1) is 28.2. The number of nitrogens with one attached hydrogen (secondary N) is 1. The van der Waals surface area contributed by atoms with Crippen LogP contribution in [0.1, 0.15) is 38.1 Å². The maximum Gasteiger partial charge on any atom is 0.339 e. The van der Waals surface area contributed by atoms with Crippen molar-refractivity contribution in [2.45, 2.75) is 33.8 Å². The summed E-state index contributed by atoms with van der Waals surface area (Å²) in [7, 11) is 1.29. The first-order chi connectivity index (χ1) is 17.3. The molecule has 2 aromatic carbocycles. The number of carbonyl (C=O) groups is 5. The molecule has 0 saturated heterocycles. The van der Waals surface area contributed by atoms with Crippen molar-refractivity contribution in [2.24, 2.45) is 0 Å². The Morgan fingerprint density at radius 2 is 1.41 bits per heavy atom. The molecule has 0 aromatic heterocycles. The van der Waals surface area contributed by atoms with Crippen molar-refractivity contribution in [2.75, 3.05) is 12.4 Å². The average Bonchev–Trinajstić information content (AvgIpc) is 2.79. The molecule has 37 heavy (non-hydrogen) atoms. The van der Waals surface area contributed by atoms with E-state index in [-0.39, 0.29) is 22.7 Å². The molecule has 1 N–H and O–H groups in total. The van der Waals surface area contributed by atoms with Crippen LogP contribution in [0.5, 0.6) is 23.0 Å². The Morgan fingerprint density at radius 3 is 1.86 bits per heavy atom. The lowest BCUT2D eigenvalue weighted by atomic mass is 10.1. The molecule has 0 aliphatic carbocycles. The second-order valence-electron chi connectivity index (χ2n) is 7.26. The number of nitro groups is 1. The summed E-state index contributed by atoms with van der Waals surface area (Å²) >= 11 is 0. The monoisotopic (exact) mass is 518 g/mol. The van der Waals surface area contributed by atoms with E-state index in [2.05, 4.69) is 5.32 Å². The minimum atomic E-state index is -1.43. The van der Waals surface area contributed by atoms with Crippen LogP contribution in [-0.2, 0) is 23.9 Å². The lowest BCUT2D eigenvalue weighted by Crippen LogP contribution is -2.30. The summed E-state index contributed by atoms with van der Waals surface area (Å²) in [6.07, 6.45) is -1.43. The Morgan fingerprint density at radius 1 is 0.865 bits per heavy atom. The first-order valence-electron chi connectivity index (χ1n) is 10.4. The van der Waals surface area contributed by atoms with Crippen LogP contribution < -0.4 is 24.3 Å². The molecule has 14 nitrogen and oxygen atoms in total. The van der Waals surface area contributed by atoms with Crippen LogP contribution in [0, 0.1) is 10.1 Å². The van der Waals surface area contributed by atoms with Gasteiger partial charge in [-0.3, -0.25) is 29.3 Å². The maximum absolute atomic E-state index is 12.8. The van der Waals surface area contributed by atoms with Gasteiger partial charge in [-0.15, -0.1) is 0 Å². The van der Waals surface area contributed by atoms with E-state index in [1.165, 1.54) is 26.2 Å². The minimum Gasteiger partial charge on any atom is -0.495 e. The van der Waals surface area contributed by atoms with Crippen molar-refractivity contribution in [3.05, 3.63) is 46.0 Å². The molecule has 0 fully saturated rings. The fraction of sp³-hybridized carbons (Fsp3) is 0.261. The van der Waals surface area contributed by atoms with Crippen LogP contribution in [0.4, 0.5) is 11.4 Å². The van der Waals surface area contributed by atoms with Crippen molar-refractivity contribution in [3.8, 4) is 23.0 Å². The number of nitrogens with zero attached hydrogens (tertiary/aromatic N) is 1. The number of benzene rings is 2. The van der Waals surface area contributed by atoms with Crippen LogP contribution in [0.3, 0.4) is 0 Å². The van der Waals surface area contributed by atoms with E-state index in [9.17, 15) is 34.1 Å². The molecule has 0 aliphatic heterocycles. The molecular formula is C23H22N2O12. The maximum atomic E-state index is 12.8. The number of non-ortho nitro benzene ring substituents is 1. The van der Waals surface area contributed by atoms with Gasteiger partial charge in [0.1, 0.15) is 5.75 Å². The summed E-state index contributed by atoms with van der Waals surface area (Å²) in [6, 6.07) is 5.50. The third kappa shape index (κ3) is 7.74. The van der Waals surface area contributed by atoms with Crippen LogP contribution in [0.2, 0.25) is 0 Å². The average molecular weight is 518 g/mol. The van der Waals surface area contributed by atoms with E-state index in [1.54, 1.807) is 0 Å². The zero-order chi connectivity index (χ0) is 27.9. The smallest absolute Gasteiger partial charge is 0.339 e. The summed E-state index contributed by atoms with van der Waals surface area (Å²) in [5.74, 6) is -5.64. The standard InChI is InChI=1S/C23H22N2O12/c1-11(22(29)24-17-10-16(25(31)32)6-7-18(17)33-5)34-23(30)15-8-19(35-12(2)26)21(37-14(4)28)20(9-15)36-13(3)27/h6-11H,1-5H3,(H,24,29)/t11-/m0/s1. The molecule has 0 spiro atoms. The Bertz CT molecular complexity index is 1230. The zero-order valence-corrected chi connectivity index (χ0v) is 20.3. The number of methoxy groups -OCH3 is 1. The van der Waals surface area contributed by atoms with Crippen LogP contribution in [0.25, 0.3) is 0 Å². The third-order valence-electron chi connectivity index (χ3n) is 4.31. The van der Waals surface area contributed by atoms with Crippen molar-refractivity contribution < 1.29 is 52.6 Å². The number of rotatable bonds is 9. The molecule has 1 amide bonds. The predicted octanol–water partition coefficient (Wildman–Crippen LogP) is 2.56. The largest absolute Gasteiger partial charge is 0.495 e. The summed E-state index contributed by atoms with van der Waals surface area (Å²) in [6.45, 7) is 4.36. The summed E-state index contributed by atoms with van der Waals surface area (Å²) in [4.78, 5) is 70.3. The number of amides is 1.